The monoisotopic (exact) mass is 350 g/mol. The van der Waals surface area contributed by atoms with Crippen LogP contribution in [0.2, 0.25) is 0 Å². The van der Waals surface area contributed by atoms with Crippen molar-refractivity contribution in [3.05, 3.63) is 58.1 Å². The quantitative estimate of drug-likeness (QED) is 0.484. The lowest BCUT2D eigenvalue weighted by Crippen LogP contribution is -2.13. The van der Waals surface area contributed by atoms with Crippen LogP contribution in [0.1, 0.15) is 17.3 Å². The molecule has 0 saturated carbocycles. The molecule has 0 heterocycles. The fourth-order valence-corrected chi connectivity index (χ4v) is 2.84. The minimum absolute atomic E-state index is 0.00681. The van der Waals surface area contributed by atoms with Gasteiger partial charge in [0, 0.05) is 17.7 Å². The minimum Gasteiger partial charge on any atom is -0.506 e. The third kappa shape index (κ3) is 3.69. The highest BCUT2D eigenvalue weighted by Crippen LogP contribution is 2.27. The average molecular weight is 350 g/mol. The molecule has 0 bridgehead atoms. The molecule has 0 saturated heterocycles. The van der Waals surface area contributed by atoms with Crippen LogP contribution in [0.5, 0.6) is 5.75 Å². The number of carbonyl (C=O) groups excluding carboxylic acids is 1. The molecule has 2 aromatic carbocycles. The Hall–Kier alpha value is -2.94. The summed E-state index contributed by atoms with van der Waals surface area (Å²) in [5.74, 6) is -1.15. The first-order chi connectivity index (χ1) is 11.2. The Labute approximate surface area is 137 Å². The zero-order valence-corrected chi connectivity index (χ0v) is 13.4. The lowest BCUT2D eigenvalue weighted by molar-refractivity contribution is -0.384. The van der Waals surface area contributed by atoms with Crippen LogP contribution in [0.15, 0.2) is 47.4 Å². The lowest BCUT2D eigenvalue weighted by Gasteiger charge is -2.09. The van der Waals surface area contributed by atoms with Crippen LogP contribution in [0, 0.1) is 10.1 Å². The number of aromatic hydroxyl groups is 1. The van der Waals surface area contributed by atoms with Gasteiger partial charge >= 0.3 is 0 Å². The van der Waals surface area contributed by atoms with Crippen molar-refractivity contribution in [1.29, 1.82) is 0 Å². The molecule has 0 spiro atoms. The van der Waals surface area contributed by atoms with Gasteiger partial charge in [0.15, 0.2) is 9.84 Å². The van der Waals surface area contributed by atoms with Gasteiger partial charge in [0.25, 0.3) is 11.6 Å². The molecule has 0 aliphatic heterocycles. The zero-order chi connectivity index (χ0) is 17.9. The minimum atomic E-state index is -3.51. The van der Waals surface area contributed by atoms with Crippen LogP contribution >= 0.6 is 0 Å². The van der Waals surface area contributed by atoms with Gasteiger partial charge in [0.2, 0.25) is 0 Å². The predicted molar refractivity (Wildman–Crippen MR) is 86.9 cm³/mol. The summed E-state index contributed by atoms with van der Waals surface area (Å²) in [7, 11) is -3.51. The standard InChI is InChI=1S/C15H14N2O6S/c1-2-24(22,23)12-6-7-14(18)13(9-12)16-15(19)10-4-3-5-11(8-10)17(20)21/h3-9,18H,2H2,1H3,(H,16,19). The van der Waals surface area contributed by atoms with Gasteiger partial charge in [-0.15, -0.1) is 0 Å². The molecular formula is C15H14N2O6S. The van der Waals surface area contributed by atoms with E-state index in [-0.39, 0.29) is 33.3 Å². The molecular weight excluding hydrogens is 336 g/mol. The molecule has 24 heavy (non-hydrogen) atoms. The van der Waals surface area contributed by atoms with Crippen molar-refractivity contribution in [3.8, 4) is 5.75 Å². The van der Waals surface area contributed by atoms with Crippen molar-refractivity contribution in [1.82, 2.24) is 0 Å². The molecule has 0 aromatic heterocycles. The molecule has 0 atom stereocenters. The largest absolute Gasteiger partial charge is 0.506 e. The van der Waals surface area contributed by atoms with E-state index in [1.807, 2.05) is 0 Å². The van der Waals surface area contributed by atoms with Crippen molar-refractivity contribution in [3.63, 3.8) is 0 Å². The molecule has 0 aliphatic carbocycles. The number of anilines is 1. The number of rotatable bonds is 5. The second kappa shape index (κ2) is 6.67. The number of amides is 1. The fraction of sp³-hybridized carbons (Fsp3) is 0.133. The number of nitrogens with zero attached hydrogens (tertiary/aromatic N) is 1. The van der Waals surface area contributed by atoms with E-state index in [1.165, 1.54) is 31.2 Å². The van der Waals surface area contributed by atoms with E-state index in [0.29, 0.717) is 0 Å². The van der Waals surface area contributed by atoms with Crippen LogP contribution in [-0.4, -0.2) is 30.1 Å². The van der Waals surface area contributed by atoms with E-state index < -0.39 is 20.7 Å². The SMILES string of the molecule is CCS(=O)(=O)c1ccc(O)c(NC(=O)c2cccc([N+](=O)[O-])c2)c1. The van der Waals surface area contributed by atoms with E-state index in [4.69, 9.17) is 0 Å². The second-order valence-electron chi connectivity index (χ2n) is 4.84. The second-order valence-corrected chi connectivity index (χ2v) is 7.12. The average Bonchev–Trinajstić information content (AvgIpc) is 2.56. The maximum absolute atomic E-state index is 12.2. The Bertz CT molecular complexity index is 908. The molecule has 0 radical (unpaired) electrons. The van der Waals surface area contributed by atoms with Crippen molar-refractivity contribution < 1.29 is 23.2 Å². The van der Waals surface area contributed by atoms with Gasteiger partial charge in [-0.25, -0.2) is 8.42 Å². The topological polar surface area (TPSA) is 127 Å². The summed E-state index contributed by atoms with van der Waals surface area (Å²) in [4.78, 5) is 22.2. The van der Waals surface area contributed by atoms with Gasteiger partial charge in [-0.05, 0) is 24.3 Å². The summed E-state index contributed by atoms with van der Waals surface area (Å²) >= 11 is 0. The maximum Gasteiger partial charge on any atom is 0.270 e. The molecule has 1 amide bonds. The Kier molecular flexibility index (Phi) is 4.84. The van der Waals surface area contributed by atoms with Crippen LogP contribution in [-0.2, 0) is 9.84 Å². The molecule has 8 nitrogen and oxygen atoms in total. The molecule has 9 heteroatoms. The van der Waals surface area contributed by atoms with Gasteiger partial charge in [0.05, 0.1) is 21.3 Å². The smallest absolute Gasteiger partial charge is 0.270 e. The Morgan fingerprint density at radius 3 is 2.58 bits per heavy atom. The Balaban J connectivity index is 2.34. The Morgan fingerprint density at radius 2 is 1.96 bits per heavy atom. The van der Waals surface area contributed by atoms with E-state index in [9.17, 15) is 28.4 Å². The van der Waals surface area contributed by atoms with Gasteiger partial charge in [0.1, 0.15) is 5.75 Å². The number of nitro groups is 1. The first-order valence-electron chi connectivity index (χ1n) is 6.86. The number of hydrogen-bond acceptors (Lipinski definition) is 6. The number of phenolic OH excluding ortho intramolecular Hbond substituents is 1. The van der Waals surface area contributed by atoms with E-state index >= 15 is 0 Å². The van der Waals surface area contributed by atoms with Gasteiger partial charge < -0.3 is 10.4 Å². The highest BCUT2D eigenvalue weighted by atomic mass is 32.2. The maximum atomic E-state index is 12.2. The predicted octanol–water partition coefficient (Wildman–Crippen LogP) is 2.35. The molecule has 126 valence electrons. The number of sulfone groups is 1. The number of nitro benzene ring substituents is 1. The molecule has 0 aliphatic rings. The third-order valence-corrected chi connectivity index (χ3v) is 5.01. The summed E-state index contributed by atoms with van der Waals surface area (Å²) in [6, 6.07) is 8.57. The Morgan fingerprint density at radius 1 is 1.25 bits per heavy atom. The normalized spacial score (nSPS) is 11.0. The number of nitrogens with one attached hydrogen (secondary N) is 1. The number of hydrogen-bond donors (Lipinski definition) is 2. The van der Waals surface area contributed by atoms with E-state index in [0.717, 1.165) is 18.2 Å². The van der Waals surface area contributed by atoms with E-state index in [2.05, 4.69) is 5.32 Å². The summed E-state index contributed by atoms with van der Waals surface area (Å²) in [6.07, 6.45) is 0. The van der Waals surface area contributed by atoms with Crippen LogP contribution in [0.4, 0.5) is 11.4 Å². The lowest BCUT2D eigenvalue weighted by atomic mass is 10.2. The van der Waals surface area contributed by atoms with Crippen molar-refractivity contribution in [2.75, 3.05) is 11.1 Å². The number of phenols is 1. The number of benzene rings is 2. The molecule has 2 N–H and O–H groups in total. The van der Waals surface area contributed by atoms with Crippen molar-refractivity contribution in [2.24, 2.45) is 0 Å². The molecule has 2 aromatic rings. The van der Waals surface area contributed by atoms with Crippen molar-refractivity contribution in [2.45, 2.75) is 11.8 Å². The van der Waals surface area contributed by atoms with Gasteiger partial charge in [-0.2, -0.15) is 0 Å². The molecule has 0 unspecified atom stereocenters. The molecule has 2 rings (SSSR count). The number of non-ortho nitro benzene ring substituents is 1. The van der Waals surface area contributed by atoms with Crippen LogP contribution < -0.4 is 5.32 Å². The van der Waals surface area contributed by atoms with Gasteiger partial charge in [-0.3, -0.25) is 14.9 Å². The third-order valence-electron chi connectivity index (χ3n) is 3.27. The zero-order valence-electron chi connectivity index (χ0n) is 12.6. The van der Waals surface area contributed by atoms with Crippen LogP contribution in [0.25, 0.3) is 0 Å². The molecule has 0 fully saturated rings. The summed E-state index contributed by atoms with van der Waals surface area (Å²) in [5, 5.41) is 22.9. The van der Waals surface area contributed by atoms with E-state index in [1.54, 1.807) is 0 Å². The summed E-state index contributed by atoms with van der Waals surface area (Å²) in [6.45, 7) is 1.48. The summed E-state index contributed by atoms with van der Waals surface area (Å²) < 4.78 is 23.7. The van der Waals surface area contributed by atoms with Crippen molar-refractivity contribution >= 4 is 27.1 Å². The van der Waals surface area contributed by atoms with Gasteiger partial charge in [-0.1, -0.05) is 13.0 Å². The highest BCUT2D eigenvalue weighted by Gasteiger charge is 2.17. The highest BCUT2D eigenvalue weighted by molar-refractivity contribution is 7.91. The first-order valence-corrected chi connectivity index (χ1v) is 8.51. The number of carbonyl (C=O) groups is 1. The summed E-state index contributed by atoms with van der Waals surface area (Å²) in [5.41, 5.74) is -0.345. The first kappa shape index (κ1) is 17.4. The van der Waals surface area contributed by atoms with Crippen LogP contribution in [0.3, 0.4) is 0 Å². The fourth-order valence-electron chi connectivity index (χ4n) is 1.93.